The van der Waals surface area contributed by atoms with Crippen LogP contribution in [0.5, 0.6) is 0 Å². The number of carbonyl (C=O) groups is 2. The van der Waals surface area contributed by atoms with Crippen molar-refractivity contribution in [1.29, 1.82) is 0 Å². The third-order valence-corrected chi connectivity index (χ3v) is 8.59. The summed E-state index contributed by atoms with van der Waals surface area (Å²) in [5.41, 5.74) is 6.92. The van der Waals surface area contributed by atoms with Gasteiger partial charge in [-0.2, -0.15) is 0 Å². The molecule has 0 aromatic carbocycles. The first-order valence-electron chi connectivity index (χ1n) is 15.4. The average Bonchev–Trinajstić information content (AvgIpc) is 2.95. The lowest BCUT2D eigenvalue weighted by molar-refractivity contribution is -0.135. The van der Waals surface area contributed by atoms with Crippen molar-refractivity contribution >= 4 is 11.6 Å². The summed E-state index contributed by atoms with van der Waals surface area (Å²) < 4.78 is 0. The average molecular weight is 597 g/mol. The zero-order chi connectivity index (χ0) is 33.2. The number of hydrogen-bond donors (Lipinski definition) is 2. The molecule has 0 radical (unpaired) electrons. The second-order valence-electron chi connectivity index (χ2n) is 13.3. The number of ketones is 2. The van der Waals surface area contributed by atoms with Crippen LogP contribution < -0.4 is 0 Å². The first kappa shape index (κ1) is 36.6. The quantitative estimate of drug-likeness (QED) is 0.247. The van der Waals surface area contributed by atoms with Crippen LogP contribution in [0.25, 0.3) is 0 Å². The Balaban J connectivity index is 1.96. The summed E-state index contributed by atoms with van der Waals surface area (Å²) in [7, 11) is 0. The van der Waals surface area contributed by atoms with E-state index < -0.39 is 23.4 Å². The van der Waals surface area contributed by atoms with Gasteiger partial charge in [-0.05, 0) is 75.7 Å². The summed E-state index contributed by atoms with van der Waals surface area (Å²) in [5.74, 6) is -0.163. The Labute approximate surface area is 265 Å². The smallest absolute Gasteiger partial charge is 0.189 e. The zero-order valence-electron chi connectivity index (χ0n) is 28.4. The fourth-order valence-electron chi connectivity index (χ4n) is 5.40. The SMILES string of the molecule is CC1=C(/C=C/C(C)=C/C=C/C(C)=C/C=C/C=C(C)/C=C\C=C(C)\C=C\C2=C(C)C(=O)[C@@H](O)[C@H](O)C2(C)C)C(C)(C)CCC1=O. The van der Waals surface area contributed by atoms with Crippen molar-refractivity contribution < 1.29 is 19.8 Å². The maximum absolute atomic E-state index is 12.3. The minimum atomic E-state index is -1.38. The van der Waals surface area contributed by atoms with Gasteiger partial charge in [0, 0.05) is 11.8 Å². The van der Waals surface area contributed by atoms with Gasteiger partial charge in [-0.15, -0.1) is 0 Å². The van der Waals surface area contributed by atoms with E-state index in [0.717, 1.165) is 45.4 Å². The largest absolute Gasteiger partial charge is 0.389 e. The van der Waals surface area contributed by atoms with Crippen LogP contribution in [-0.2, 0) is 9.59 Å². The molecule has 2 N–H and O–H groups in total. The van der Waals surface area contributed by atoms with Crippen LogP contribution >= 0.6 is 0 Å². The van der Waals surface area contributed by atoms with Gasteiger partial charge < -0.3 is 10.2 Å². The van der Waals surface area contributed by atoms with Crippen LogP contribution in [0.15, 0.2) is 130 Å². The molecule has 0 spiro atoms. The van der Waals surface area contributed by atoms with E-state index in [1.54, 1.807) is 6.92 Å². The molecule has 2 aliphatic carbocycles. The highest BCUT2D eigenvalue weighted by atomic mass is 16.3. The Kier molecular flexibility index (Phi) is 13.2. The Morgan fingerprint density at radius 2 is 1.09 bits per heavy atom. The maximum Gasteiger partial charge on any atom is 0.189 e. The number of aliphatic hydroxyl groups is 2. The van der Waals surface area contributed by atoms with E-state index in [4.69, 9.17) is 0 Å². The second-order valence-corrected chi connectivity index (χ2v) is 13.3. The van der Waals surface area contributed by atoms with Crippen LogP contribution in [0.2, 0.25) is 0 Å². The molecular formula is C40H52O4. The molecule has 0 aromatic rings. The first-order chi connectivity index (χ1) is 20.5. The standard InChI is InChI=1S/C40H52O4/c1-27(17-13-19-29(3)21-23-33-31(5)35(41)25-26-39(33,7)8)15-11-12-16-28(2)18-14-20-30(4)22-24-34-32(6)36(42)37(43)38(44)40(34,9)10/h11-24,37-38,43-44H,25-26H2,1-10H3/b12-11+,17-13+,18-14-,23-21+,24-22+,27-15+,28-16+,29-19+,30-20+/t37-,38+/m1/s1. The van der Waals surface area contributed by atoms with Gasteiger partial charge >= 0.3 is 0 Å². The van der Waals surface area contributed by atoms with Gasteiger partial charge in [-0.25, -0.2) is 0 Å². The van der Waals surface area contributed by atoms with Gasteiger partial charge in [0.05, 0.1) is 6.10 Å². The Morgan fingerprint density at radius 3 is 1.59 bits per heavy atom. The molecule has 4 heteroatoms. The molecule has 2 aliphatic rings. The molecule has 0 fully saturated rings. The zero-order valence-corrected chi connectivity index (χ0v) is 28.4. The van der Waals surface area contributed by atoms with Crippen molar-refractivity contribution in [3.05, 3.63) is 130 Å². The molecule has 2 rings (SSSR count). The lowest BCUT2D eigenvalue weighted by Gasteiger charge is -2.39. The topological polar surface area (TPSA) is 74.6 Å². The fourth-order valence-corrected chi connectivity index (χ4v) is 5.40. The minimum absolute atomic E-state index is 0.0252. The second kappa shape index (κ2) is 15.9. The van der Waals surface area contributed by atoms with Gasteiger partial charge in [-0.3, -0.25) is 9.59 Å². The van der Waals surface area contributed by atoms with E-state index in [1.807, 2.05) is 89.3 Å². The minimum Gasteiger partial charge on any atom is -0.389 e. The summed E-state index contributed by atoms with van der Waals surface area (Å²) in [6.45, 7) is 19.9. The molecule has 0 heterocycles. The number of rotatable bonds is 10. The van der Waals surface area contributed by atoms with Crippen LogP contribution in [0, 0.1) is 10.8 Å². The number of allylic oxidation sites excluding steroid dienone is 20. The predicted molar refractivity (Wildman–Crippen MR) is 185 cm³/mol. The van der Waals surface area contributed by atoms with Crippen molar-refractivity contribution in [3.63, 3.8) is 0 Å². The molecule has 2 atom stereocenters. The highest BCUT2D eigenvalue weighted by Gasteiger charge is 2.45. The lowest BCUT2D eigenvalue weighted by Crippen LogP contribution is -2.49. The van der Waals surface area contributed by atoms with Crippen molar-refractivity contribution in [1.82, 2.24) is 0 Å². The number of carbonyl (C=O) groups excluding carboxylic acids is 2. The summed E-state index contributed by atoms with van der Waals surface area (Å²) >= 11 is 0. The molecule has 0 saturated heterocycles. The molecule has 0 aromatic heterocycles. The van der Waals surface area contributed by atoms with E-state index in [1.165, 1.54) is 0 Å². The molecule has 0 saturated carbocycles. The van der Waals surface area contributed by atoms with Gasteiger partial charge in [0.25, 0.3) is 0 Å². The predicted octanol–water partition coefficient (Wildman–Crippen LogP) is 8.91. The van der Waals surface area contributed by atoms with Gasteiger partial charge in [0.2, 0.25) is 0 Å². The first-order valence-corrected chi connectivity index (χ1v) is 15.4. The Morgan fingerprint density at radius 1 is 0.659 bits per heavy atom. The van der Waals surface area contributed by atoms with Crippen molar-refractivity contribution in [2.24, 2.45) is 10.8 Å². The summed E-state index contributed by atoms with van der Waals surface area (Å²) in [6, 6.07) is 0. The van der Waals surface area contributed by atoms with E-state index >= 15 is 0 Å². The van der Waals surface area contributed by atoms with E-state index in [2.05, 4.69) is 58.1 Å². The van der Waals surface area contributed by atoms with Crippen molar-refractivity contribution in [2.75, 3.05) is 0 Å². The summed E-state index contributed by atoms with van der Waals surface area (Å²) in [4.78, 5) is 24.4. The lowest BCUT2D eigenvalue weighted by atomic mass is 9.69. The van der Waals surface area contributed by atoms with E-state index in [9.17, 15) is 19.8 Å². The highest BCUT2D eigenvalue weighted by Crippen LogP contribution is 2.40. The van der Waals surface area contributed by atoms with Crippen molar-refractivity contribution in [2.45, 2.75) is 94.3 Å². The maximum atomic E-state index is 12.3. The number of Topliss-reactive ketones (excluding diaryl/α,β-unsaturated/α-hetero) is 2. The van der Waals surface area contributed by atoms with Gasteiger partial charge in [-0.1, -0.05) is 135 Å². The molecule has 0 aliphatic heterocycles. The Hall–Kier alpha value is -3.60. The van der Waals surface area contributed by atoms with Crippen LogP contribution in [0.1, 0.15) is 82.1 Å². The Bertz CT molecular complexity index is 1450. The molecule has 0 unspecified atom stereocenters. The molecular weight excluding hydrogens is 544 g/mol. The molecule has 0 amide bonds. The fraction of sp³-hybridized carbons (Fsp3) is 0.400. The van der Waals surface area contributed by atoms with Crippen molar-refractivity contribution in [3.8, 4) is 0 Å². The van der Waals surface area contributed by atoms with Crippen LogP contribution in [-0.4, -0.2) is 34.0 Å². The van der Waals surface area contributed by atoms with E-state index in [0.29, 0.717) is 12.0 Å². The molecule has 4 nitrogen and oxygen atoms in total. The third kappa shape index (κ3) is 9.97. The molecule has 44 heavy (non-hydrogen) atoms. The molecule has 236 valence electrons. The summed E-state index contributed by atoms with van der Waals surface area (Å²) in [5, 5.41) is 20.4. The monoisotopic (exact) mass is 596 g/mol. The van der Waals surface area contributed by atoms with E-state index in [-0.39, 0.29) is 11.2 Å². The molecule has 0 bridgehead atoms. The van der Waals surface area contributed by atoms with Crippen LogP contribution in [0.3, 0.4) is 0 Å². The number of aliphatic hydroxyl groups excluding tert-OH is 2. The highest BCUT2D eigenvalue weighted by molar-refractivity contribution is 6.01. The van der Waals surface area contributed by atoms with Crippen LogP contribution in [0.4, 0.5) is 0 Å². The number of hydrogen-bond acceptors (Lipinski definition) is 4. The normalized spacial score (nSPS) is 24.5. The summed E-state index contributed by atoms with van der Waals surface area (Å²) in [6.07, 6.45) is 27.3. The third-order valence-electron chi connectivity index (χ3n) is 8.59. The van der Waals surface area contributed by atoms with Gasteiger partial charge in [0.1, 0.15) is 6.10 Å². The van der Waals surface area contributed by atoms with Gasteiger partial charge in [0.15, 0.2) is 11.6 Å².